The summed E-state index contributed by atoms with van der Waals surface area (Å²) in [6, 6.07) is 7.96. The second kappa shape index (κ2) is 8.16. The van der Waals surface area contributed by atoms with Crippen LogP contribution in [-0.2, 0) is 15.3 Å². The van der Waals surface area contributed by atoms with Crippen molar-refractivity contribution in [3.05, 3.63) is 35.4 Å². The first-order chi connectivity index (χ1) is 8.63. The number of esters is 1. The van der Waals surface area contributed by atoms with Gasteiger partial charge in [0.1, 0.15) is 6.04 Å². The summed E-state index contributed by atoms with van der Waals surface area (Å²) in [4.78, 5) is 11.3. The molecule has 0 bridgehead atoms. The number of carbonyl (C=O) groups is 1. The molecule has 1 unspecified atom stereocenters. The van der Waals surface area contributed by atoms with Crippen LogP contribution in [0.15, 0.2) is 24.3 Å². The van der Waals surface area contributed by atoms with E-state index in [2.05, 4.69) is 31.2 Å². The van der Waals surface area contributed by atoms with Gasteiger partial charge in [0.2, 0.25) is 0 Å². The predicted molar refractivity (Wildman–Crippen MR) is 76.6 cm³/mol. The predicted octanol–water partition coefficient (Wildman–Crippen LogP) is 2.51. The van der Waals surface area contributed by atoms with Crippen molar-refractivity contribution in [3.8, 4) is 0 Å². The Bertz CT molecular complexity index is 382. The summed E-state index contributed by atoms with van der Waals surface area (Å²) >= 11 is 1.79. The monoisotopic (exact) mass is 267 g/mol. The Morgan fingerprint density at radius 1 is 1.50 bits per heavy atom. The van der Waals surface area contributed by atoms with Crippen molar-refractivity contribution < 1.29 is 9.53 Å². The van der Waals surface area contributed by atoms with Crippen LogP contribution in [0.1, 0.15) is 24.5 Å². The van der Waals surface area contributed by atoms with Crippen molar-refractivity contribution in [2.75, 3.05) is 12.4 Å². The molecule has 0 radical (unpaired) electrons. The van der Waals surface area contributed by atoms with E-state index >= 15 is 0 Å². The molecule has 0 fully saturated rings. The Morgan fingerprint density at radius 3 is 2.94 bits per heavy atom. The van der Waals surface area contributed by atoms with Crippen LogP contribution in [0, 0.1) is 6.92 Å². The quantitative estimate of drug-likeness (QED) is 0.609. The van der Waals surface area contributed by atoms with E-state index in [0.29, 0.717) is 13.0 Å². The van der Waals surface area contributed by atoms with Crippen LogP contribution < -0.4 is 5.73 Å². The maximum atomic E-state index is 11.3. The highest BCUT2D eigenvalue weighted by atomic mass is 32.2. The van der Waals surface area contributed by atoms with Crippen molar-refractivity contribution in [1.82, 2.24) is 0 Å². The Kier molecular flexibility index (Phi) is 6.83. The third kappa shape index (κ3) is 5.56. The lowest BCUT2D eigenvalue weighted by atomic mass is 10.2. The molecule has 0 aromatic heterocycles. The minimum atomic E-state index is -0.491. The molecule has 1 aromatic rings. The zero-order valence-corrected chi connectivity index (χ0v) is 11.8. The molecule has 0 spiro atoms. The summed E-state index contributed by atoms with van der Waals surface area (Å²) in [6.07, 6.45) is 0.662. The molecule has 0 saturated carbocycles. The summed E-state index contributed by atoms with van der Waals surface area (Å²) in [6.45, 7) is 4.27. The first kappa shape index (κ1) is 15.1. The highest BCUT2D eigenvalue weighted by molar-refractivity contribution is 7.98. The van der Waals surface area contributed by atoms with E-state index in [0.717, 1.165) is 11.5 Å². The summed E-state index contributed by atoms with van der Waals surface area (Å²) in [5.41, 5.74) is 8.30. The molecular weight excluding hydrogens is 246 g/mol. The van der Waals surface area contributed by atoms with E-state index in [9.17, 15) is 4.79 Å². The molecule has 18 heavy (non-hydrogen) atoms. The highest BCUT2D eigenvalue weighted by Crippen LogP contribution is 2.14. The third-order valence-corrected chi connectivity index (χ3v) is 3.58. The zero-order chi connectivity index (χ0) is 13.4. The van der Waals surface area contributed by atoms with Gasteiger partial charge in [0.15, 0.2) is 0 Å². The number of aryl methyl sites for hydroxylation is 1. The van der Waals surface area contributed by atoms with E-state index in [1.54, 1.807) is 18.7 Å². The highest BCUT2D eigenvalue weighted by Gasteiger charge is 2.13. The molecule has 0 aliphatic carbocycles. The number of hydrogen-bond acceptors (Lipinski definition) is 4. The number of nitrogens with two attached hydrogens (primary N) is 1. The molecule has 0 aliphatic rings. The topological polar surface area (TPSA) is 52.3 Å². The Hall–Kier alpha value is -1.00. The van der Waals surface area contributed by atoms with Crippen molar-refractivity contribution in [1.29, 1.82) is 0 Å². The lowest BCUT2D eigenvalue weighted by molar-refractivity contribution is -0.144. The van der Waals surface area contributed by atoms with Crippen LogP contribution in [0.5, 0.6) is 0 Å². The van der Waals surface area contributed by atoms with Gasteiger partial charge in [-0.25, -0.2) is 0 Å². The van der Waals surface area contributed by atoms with E-state index in [4.69, 9.17) is 10.5 Å². The molecule has 4 heteroatoms. The zero-order valence-electron chi connectivity index (χ0n) is 11.0. The summed E-state index contributed by atoms with van der Waals surface area (Å²) in [7, 11) is 0. The van der Waals surface area contributed by atoms with Gasteiger partial charge in [-0.1, -0.05) is 29.8 Å². The Morgan fingerprint density at radius 2 is 2.28 bits per heavy atom. The number of thioether (sulfide) groups is 1. The standard InChI is InChI=1S/C14H21NO2S/c1-3-17-14(16)13(15)7-8-18-10-12-6-4-5-11(2)9-12/h4-6,9,13H,3,7-8,10,15H2,1-2H3. The van der Waals surface area contributed by atoms with Crippen LogP contribution in [0.25, 0.3) is 0 Å². The third-order valence-electron chi connectivity index (χ3n) is 2.51. The summed E-state index contributed by atoms with van der Waals surface area (Å²) in [5.74, 6) is 1.53. The lowest BCUT2D eigenvalue weighted by Gasteiger charge is -2.10. The molecular formula is C14H21NO2S. The van der Waals surface area contributed by atoms with Gasteiger partial charge in [0.05, 0.1) is 6.61 Å². The van der Waals surface area contributed by atoms with Gasteiger partial charge in [-0.3, -0.25) is 4.79 Å². The van der Waals surface area contributed by atoms with E-state index in [1.807, 2.05) is 0 Å². The molecule has 1 aromatic carbocycles. The number of rotatable bonds is 7. The van der Waals surface area contributed by atoms with Crippen LogP contribution in [0.2, 0.25) is 0 Å². The smallest absolute Gasteiger partial charge is 0.322 e. The lowest BCUT2D eigenvalue weighted by Crippen LogP contribution is -2.32. The Balaban J connectivity index is 2.20. The summed E-state index contributed by atoms with van der Waals surface area (Å²) < 4.78 is 4.86. The molecule has 1 atom stereocenters. The second-order valence-corrected chi connectivity index (χ2v) is 5.29. The Labute approximate surface area is 113 Å². The van der Waals surface area contributed by atoms with E-state index < -0.39 is 6.04 Å². The molecule has 2 N–H and O–H groups in total. The average molecular weight is 267 g/mol. The van der Waals surface area contributed by atoms with E-state index in [1.165, 1.54) is 11.1 Å². The first-order valence-electron chi connectivity index (χ1n) is 6.19. The van der Waals surface area contributed by atoms with Crippen molar-refractivity contribution in [3.63, 3.8) is 0 Å². The van der Waals surface area contributed by atoms with Crippen LogP contribution >= 0.6 is 11.8 Å². The van der Waals surface area contributed by atoms with Gasteiger partial charge < -0.3 is 10.5 Å². The maximum absolute atomic E-state index is 11.3. The van der Waals surface area contributed by atoms with Crippen molar-refractivity contribution >= 4 is 17.7 Å². The number of hydrogen-bond donors (Lipinski definition) is 1. The molecule has 1 rings (SSSR count). The molecule has 0 saturated heterocycles. The fourth-order valence-corrected chi connectivity index (χ4v) is 2.55. The fraction of sp³-hybridized carbons (Fsp3) is 0.500. The SMILES string of the molecule is CCOC(=O)C(N)CCSCc1cccc(C)c1. The second-order valence-electron chi connectivity index (χ2n) is 4.19. The average Bonchev–Trinajstić information content (AvgIpc) is 2.35. The number of benzene rings is 1. The molecule has 0 amide bonds. The molecule has 0 aliphatic heterocycles. The van der Waals surface area contributed by atoms with Gasteiger partial charge in [0, 0.05) is 5.75 Å². The van der Waals surface area contributed by atoms with Gasteiger partial charge in [0.25, 0.3) is 0 Å². The van der Waals surface area contributed by atoms with Gasteiger partial charge in [-0.15, -0.1) is 0 Å². The normalized spacial score (nSPS) is 12.2. The van der Waals surface area contributed by atoms with Crippen LogP contribution in [0.4, 0.5) is 0 Å². The van der Waals surface area contributed by atoms with Gasteiger partial charge in [-0.05, 0) is 31.6 Å². The minimum absolute atomic E-state index is 0.298. The minimum Gasteiger partial charge on any atom is -0.465 e. The number of carbonyl (C=O) groups excluding carboxylic acids is 1. The molecule has 0 heterocycles. The summed E-state index contributed by atoms with van der Waals surface area (Å²) in [5, 5.41) is 0. The number of ether oxygens (including phenoxy) is 1. The fourth-order valence-electron chi connectivity index (χ4n) is 1.57. The van der Waals surface area contributed by atoms with E-state index in [-0.39, 0.29) is 5.97 Å². The molecule has 100 valence electrons. The van der Waals surface area contributed by atoms with Crippen molar-refractivity contribution in [2.24, 2.45) is 5.73 Å². The largest absolute Gasteiger partial charge is 0.465 e. The van der Waals surface area contributed by atoms with Gasteiger partial charge >= 0.3 is 5.97 Å². The first-order valence-corrected chi connectivity index (χ1v) is 7.34. The van der Waals surface area contributed by atoms with Crippen LogP contribution in [-0.4, -0.2) is 24.4 Å². The maximum Gasteiger partial charge on any atom is 0.322 e. The van der Waals surface area contributed by atoms with Crippen LogP contribution in [0.3, 0.4) is 0 Å². The van der Waals surface area contributed by atoms with Crippen molar-refractivity contribution in [2.45, 2.75) is 32.1 Å². The van der Waals surface area contributed by atoms with Gasteiger partial charge in [-0.2, -0.15) is 11.8 Å². The molecule has 3 nitrogen and oxygen atoms in total.